The van der Waals surface area contributed by atoms with Gasteiger partial charge in [-0.05, 0) is 49.3 Å². The highest BCUT2D eigenvalue weighted by Gasteiger charge is 2.50. The average Bonchev–Trinajstić information content (AvgIpc) is 3.73. The van der Waals surface area contributed by atoms with Crippen LogP contribution in [0.4, 0.5) is 8.78 Å². The molecular weight excluding hydrogens is 633 g/mol. The molecule has 0 radical (unpaired) electrons. The zero-order valence-corrected chi connectivity index (χ0v) is 26.1. The van der Waals surface area contributed by atoms with Gasteiger partial charge in [-0.2, -0.15) is 8.78 Å². The maximum absolute atomic E-state index is 14.2. The molecule has 242 valence electrons. The van der Waals surface area contributed by atoms with Crippen molar-refractivity contribution in [2.24, 2.45) is 13.0 Å². The summed E-state index contributed by atoms with van der Waals surface area (Å²) >= 11 is 1.04. The second-order valence-corrected chi connectivity index (χ2v) is 14.5. The van der Waals surface area contributed by atoms with E-state index in [1.54, 1.807) is 20.7 Å². The van der Waals surface area contributed by atoms with Crippen LogP contribution in [-0.4, -0.2) is 90.4 Å². The SMILES string of the molecule is Cn1cnnc1C1CN(C(=O)[C@@H]2CC[C@@H]3CCCC(CNC(=O)c4cc5cc(C(F)(F)P(=O)(O)O)ccc5s4)C(=O)N32)CCO1. The van der Waals surface area contributed by atoms with Crippen LogP contribution >= 0.6 is 18.9 Å². The van der Waals surface area contributed by atoms with Crippen molar-refractivity contribution in [1.82, 2.24) is 29.9 Å². The Balaban J connectivity index is 1.12. The average molecular weight is 667 g/mol. The van der Waals surface area contributed by atoms with E-state index in [2.05, 4.69) is 15.5 Å². The third kappa shape index (κ3) is 6.01. The van der Waals surface area contributed by atoms with E-state index in [0.717, 1.165) is 42.7 Å². The first kappa shape index (κ1) is 31.7. The molecule has 1 aromatic carbocycles. The lowest BCUT2D eigenvalue weighted by Gasteiger charge is -2.37. The van der Waals surface area contributed by atoms with Crippen LogP contribution in [0.5, 0.6) is 0 Å². The van der Waals surface area contributed by atoms with Crippen LogP contribution in [0.15, 0.2) is 30.6 Å². The highest BCUT2D eigenvalue weighted by molar-refractivity contribution is 7.52. The zero-order chi connectivity index (χ0) is 32.1. The van der Waals surface area contributed by atoms with Crippen molar-refractivity contribution in [3.63, 3.8) is 0 Å². The summed E-state index contributed by atoms with van der Waals surface area (Å²) in [5.41, 5.74) is -5.21. The van der Waals surface area contributed by atoms with Crippen LogP contribution < -0.4 is 5.32 Å². The summed E-state index contributed by atoms with van der Waals surface area (Å²) in [6.45, 7) is 1.10. The number of alkyl halides is 2. The second kappa shape index (κ2) is 12.1. The van der Waals surface area contributed by atoms with Gasteiger partial charge < -0.3 is 34.2 Å². The first-order valence-corrected chi connectivity index (χ1v) is 17.1. The van der Waals surface area contributed by atoms with Crippen LogP contribution in [0.1, 0.15) is 59.3 Å². The molecule has 3 fully saturated rings. The Bertz CT molecular complexity index is 1680. The van der Waals surface area contributed by atoms with E-state index in [0.29, 0.717) is 43.1 Å². The Morgan fingerprint density at radius 3 is 2.73 bits per heavy atom. The topological polar surface area (TPSA) is 167 Å². The second-order valence-electron chi connectivity index (χ2n) is 11.7. The molecule has 5 heterocycles. The van der Waals surface area contributed by atoms with E-state index in [1.807, 2.05) is 7.05 Å². The van der Waals surface area contributed by atoms with Crippen molar-refractivity contribution in [3.8, 4) is 0 Å². The number of aryl methyl sites for hydroxylation is 1. The number of rotatable bonds is 7. The summed E-state index contributed by atoms with van der Waals surface area (Å²) in [6.07, 6.45) is 4.52. The van der Waals surface area contributed by atoms with E-state index < -0.39 is 42.8 Å². The number of nitrogens with one attached hydrogen (secondary N) is 1. The quantitative estimate of drug-likeness (QED) is 0.322. The molecule has 0 aliphatic carbocycles. The van der Waals surface area contributed by atoms with Gasteiger partial charge in [0.1, 0.15) is 18.5 Å². The summed E-state index contributed by atoms with van der Waals surface area (Å²) in [5.74, 6) is -0.708. The molecule has 4 atom stereocenters. The minimum atomic E-state index is -5.74. The number of fused-ring (bicyclic) bond motifs is 2. The number of aromatic nitrogens is 3. The third-order valence-corrected chi connectivity index (χ3v) is 11.0. The van der Waals surface area contributed by atoms with Gasteiger partial charge in [0, 0.05) is 36.4 Å². The molecule has 3 aliphatic heterocycles. The van der Waals surface area contributed by atoms with Crippen LogP contribution in [0, 0.1) is 5.92 Å². The Morgan fingerprint density at radius 1 is 1.20 bits per heavy atom. The van der Waals surface area contributed by atoms with Gasteiger partial charge in [-0.3, -0.25) is 18.9 Å². The van der Waals surface area contributed by atoms with Crippen molar-refractivity contribution in [2.75, 3.05) is 26.2 Å². The lowest BCUT2D eigenvalue weighted by atomic mass is 10.00. The number of benzene rings is 1. The number of carbonyl (C=O) groups excluding carboxylic acids is 3. The predicted molar refractivity (Wildman–Crippen MR) is 157 cm³/mol. The summed E-state index contributed by atoms with van der Waals surface area (Å²) in [6, 6.07) is 3.92. The molecular formula is C28H33F2N6O7PS. The van der Waals surface area contributed by atoms with Gasteiger partial charge in [0.25, 0.3) is 5.91 Å². The molecule has 3 amide bonds. The van der Waals surface area contributed by atoms with E-state index >= 15 is 0 Å². The number of hydrogen-bond donors (Lipinski definition) is 3. The van der Waals surface area contributed by atoms with Crippen molar-refractivity contribution in [2.45, 2.75) is 56.0 Å². The summed E-state index contributed by atoms with van der Waals surface area (Å²) in [5, 5.41) is 11.1. The number of carbonyl (C=O) groups is 3. The highest BCUT2D eigenvalue weighted by atomic mass is 32.1. The summed E-state index contributed by atoms with van der Waals surface area (Å²) < 4.78 is 47.8. The zero-order valence-electron chi connectivity index (χ0n) is 24.3. The van der Waals surface area contributed by atoms with E-state index in [4.69, 9.17) is 14.5 Å². The fourth-order valence-electron chi connectivity index (χ4n) is 6.48. The predicted octanol–water partition coefficient (Wildman–Crippen LogP) is 2.75. The van der Waals surface area contributed by atoms with Crippen molar-refractivity contribution < 1.29 is 42.3 Å². The number of hydrogen-bond acceptors (Lipinski definition) is 8. The lowest BCUT2D eigenvalue weighted by molar-refractivity contribution is -0.151. The molecule has 0 bridgehead atoms. The van der Waals surface area contributed by atoms with E-state index in [9.17, 15) is 27.7 Å². The normalized spacial score (nSPS) is 24.5. The smallest absolute Gasteiger partial charge is 0.366 e. The largest absolute Gasteiger partial charge is 0.399 e. The number of morpholine rings is 1. The fraction of sp³-hybridized carbons (Fsp3) is 0.536. The van der Waals surface area contributed by atoms with Crippen LogP contribution in [0.2, 0.25) is 0 Å². The Kier molecular flexibility index (Phi) is 8.54. The van der Waals surface area contributed by atoms with Gasteiger partial charge in [-0.1, -0.05) is 12.5 Å². The molecule has 3 N–H and O–H groups in total. The van der Waals surface area contributed by atoms with E-state index in [1.165, 1.54) is 12.1 Å². The molecule has 3 aliphatic rings. The summed E-state index contributed by atoms with van der Waals surface area (Å²) in [7, 11) is -3.93. The van der Waals surface area contributed by atoms with Gasteiger partial charge >= 0.3 is 13.3 Å². The highest BCUT2D eigenvalue weighted by Crippen LogP contribution is 2.59. The van der Waals surface area contributed by atoms with Gasteiger partial charge in [0.15, 0.2) is 5.82 Å². The first-order chi connectivity index (χ1) is 21.3. The Hall–Kier alpha value is -3.30. The molecule has 13 nitrogen and oxygen atoms in total. The maximum atomic E-state index is 14.2. The maximum Gasteiger partial charge on any atom is 0.399 e. The Morgan fingerprint density at radius 2 is 2.00 bits per heavy atom. The number of halogens is 2. The molecule has 3 aromatic rings. The molecule has 17 heteroatoms. The molecule has 6 rings (SSSR count). The number of nitrogens with zero attached hydrogens (tertiary/aromatic N) is 5. The summed E-state index contributed by atoms with van der Waals surface area (Å²) in [4.78, 5) is 62.5. The molecule has 3 saturated heterocycles. The third-order valence-electron chi connectivity index (χ3n) is 8.86. The fourth-order valence-corrected chi connectivity index (χ4v) is 7.91. The lowest BCUT2D eigenvalue weighted by Crippen LogP contribution is -2.54. The minimum absolute atomic E-state index is 0.0450. The molecule has 0 spiro atoms. The van der Waals surface area contributed by atoms with Gasteiger partial charge in [0.05, 0.1) is 23.9 Å². The molecule has 2 aromatic heterocycles. The van der Waals surface area contributed by atoms with Gasteiger partial charge in [-0.15, -0.1) is 21.5 Å². The standard InChI is InChI=1S/C28H33F2N6O7PS/c1-34-15-32-33-24(34)21-14-35(9-10-43-21)27(39)20-7-6-19-4-2-3-16(26(38)36(19)20)13-31-25(37)23-12-17-11-18(5-8-22(17)45-23)28(29,30)44(40,41)42/h5,8,11-12,15-16,19-21H,2-4,6-7,9-10,13-14H2,1H3,(H,31,37)(H2,40,41,42)/t16?,19-,20-,21?/m0/s1. The van der Waals surface area contributed by atoms with Crippen molar-refractivity contribution >= 4 is 46.7 Å². The van der Waals surface area contributed by atoms with Crippen molar-refractivity contribution in [1.29, 1.82) is 0 Å². The first-order valence-electron chi connectivity index (χ1n) is 14.7. The number of thiophene rings is 1. The minimum Gasteiger partial charge on any atom is -0.366 e. The Labute approximate surface area is 260 Å². The molecule has 2 unspecified atom stereocenters. The van der Waals surface area contributed by atoms with Crippen LogP contribution in [0.3, 0.4) is 0 Å². The number of ether oxygens (including phenoxy) is 1. The van der Waals surface area contributed by atoms with E-state index in [-0.39, 0.29) is 34.7 Å². The van der Waals surface area contributed by atoms with Gasteiger partial charge in [0.2, 0.25) is 11.8 Å². The molecule has 0 saturated carbocycles. The van der Waals surface area contributed by atoms with Crippen LogP contribution in [0.25, 0.3) is 10.1 Å². The van der Waals surface area contributed by atoms with Gasteiger partial charge in [-0.25, -0.2) is 0 Å². The number of amides is 3. The van der Waals surface area contributed by atoms with Crippen molar-refractivity contribution in [3.05, 3.63) is 46.9 Å². The van der Waals surface area contributed by atoms with Crippen LogP contribution in [-0.2, 0) is 31.6 Å². The monoisotopic (exact) mass is 666 g/mol. The molecule has 45 heavy (non-hydrogen) atoms.